The Morgan fingerprint density at radius 1 is 1.17 bits per heavy atom. The zero-order chi connectivity index (χ0) is 18.0. The average molecular weight is 330 g/mol. The van der Waals surface area contributed by atoms with Crippen LogP contribution in [0.2, 0.25) is 0 Å². The normalized spacial score (nSPS) is 19.4. The minimum Gasteiger partial charge on any atom is -0.400 e. The zero-order valence-electron chi connectivity index (χ0n) is 15.4. The molecule has 1 aliphatic rings. The molecule has 24 heavy (non-hydrogen) atoms. The molecule has 1 fully saturated rings. The summed E-state index contributed by atoms with van der Waals surface area (Å²) in [4.78, 5) is 11.4. The van der Waals surface area contributed by atoms with Gasteiger partial charge in [0.25, 0.3) is 0 Å². The fourth-order valence-corrected chi connectivity index (χ4v) is 2.53. The van der Waals surface area contributed by atoms with Crippen molar-refractivity contribution in [2.24, 2.45) is 0 Å². The SMILES string of the molecule is CNCC(=Cc1ccccc1NC(C)=O)B1OC(C)(C)C(C)(C)O1. The summed E-state index contributed by atoms with van der Waals surface area (Å²) in [5, 5.41) is 6.02. The molecule has 0 radical (unpaired) electrons. The number of nitrogens with one attached hydrogen (secondary N) is 2. The molecular formula is C18H27BN2O3. The first-order chi connectivity index (χ1) is 11.2. The lowest BCUT2D eigenvalue weighted by molar-refractivity contribution is -0.114. The van der Waals surface area contributed by atoms with E-state index in [0.29, 0.717) is 6.54 Å². The number of hydrogen-bond donors (Lipinski definition) is 2. The molecule has 5 nitrogen and oxygen atoms in total. The molecule has 0 aliphatic carbocycles. The topological polar surface area (TPSA) is 59.6 Å². The first-order valence-corrected chi connectivity index (χ1v) is 8.23. The van der Waals surface area contributed by atoms with Crippen LogP contribution < -0.4 is 10.6 Å². The van der Waals surface area contributed by atoms with Crippen LogP contribution in [0.1, 0.15) is 40.2 Å². The van der Waals surface area contributed by atoms with Gasteiger partial charge in [0.15, 0.2) is 0 Å². The van der Waals surface area contributed by atoms with Crippen molar-refractivity contribution in [3.8, 4) is 0 Å². The quantitative estimate of drug-likeness (QED) is 0.815. The number of carbonyl (C=O) groups is 1. The van der Waals surface area contributed by atoms with E-state index in [1.165, 1.54) is 6.92 Å². The van der Waals surface area contributed by atoms with Gasteiger partial charge < -0.3 is 19.9 Å². The molecule has 0 aromatic heterocycles. The number of benzene rings is 1. The second kappa shape index (κ2) is 7.09. The van der Waals surface area contributed by atoms with Gasteiger partial charge in [-0.15, -0.1) is 0 Å². The Bertz CT molecular complexity index is 625. The summed E-state index contributed by atoms with van der Waals surface area (Å²) in [5.74, 6) is -0.0957. The van der Waals surface area contributed by atoms with Crippen molar-refractivity contribution in [3.63, 3.8) is 0 Å². The molecule has 1 aromatic carbocycles. The van der Waals surface area contributed by atoms with Crippen LogP contribution in [0.25, 0.3) is 6.08 Å². The molecule has 1 heterocycles. The Morgan fingerprint density at radius 2 is 1.75 bits per heavy atom. The standard InChI is InChI=1S/C18H27BN2O3/c1-13(22)21-16-10-8-7-9-14(16)11-15(12-20-6)19-23-17(2,3)18(4,5)24-19/h7-11,20H,12H2,1-6H3,(H,21,22). The van der Waals surface area contributed by atoms with Gasteiger partial charge in [0.1, 0.15) is 0 Å². The van der Waals surface area contributed by atoms with Gasteiger partial charge >= 0.3 is 7.12 Å². The van der Waals surface area contributed by atoms with Crippen molar-refractivity contribution in [1.29, 1.82) is 0 Å². The summed E-state index contributed by atoms with van der Waals surface area (Å²) in [6.07, 6.45) is 2.02. The number of para-hydroxylation sites is 1. The van der Waals surface area contributed by atoms with Gasteiger partial charge in [-0.2, -0.15) is 0 Å². The van der Waals surface area contributed by atoms with E-state index in [2.05, 4.69) is 10.6 Å². The highest BCUT2D eigenvalue weighted by atomic mass is 16.7. The lowest BCUT2D eigenvalue weighted by atomic mass is 9.77. The first kappa shape index (κ1) is 18.7. The Kier molecular flexibility index (Phi) is 5.53. The largest absolute Gasteiger partial charge is 0.491 e. The smallest absolute Gasteiger partial charge is 0.400 e. The van der Waals surface area contributed by atoms with Crippen LogP contribution in [0.4, 0.5) is 5.69 Å². The van der Waals surface area contributed by atoms with Crippen LogP contribution in [-0.4, -0.2) is 37.8 Å². The number of amides is 1. The van der Waals surface area contributed by atoms with Crippen molar-refractivity contribution >= 4 is 24.8 Å². The molecule has 0 atom stereocenters. The van der Waals surface area contributed by atoms with E-state index in [9.17, 15) is 4.79 Å². The van der Waals surface area contributed by atoms with Crippen molar-refractivity contribution in [2.45, 2.75) is 45.8 Å². The molecular weight excluding hydrogens is 303 g/mol. The van der Waals surface area contributed by atoms with Crippen molar-refractivity contribution in [3.05, 3.63) is 35.3 Å². The van der Waals surface area contributed by atoms with E-state index in [1.54, 1.807) is 0 Å². The highest BCUT2D eigenvalue weighted by molar-refractivity contribution is 6.56. The van der Waals surface area contributed by atoms with E-state index < -0.39 is 7.12 Å². The lowest BCUT2D eigenvalue weighted by Gasteiger charge is -2.32. The molecule has 1 aromatic rings. The lowest BCUT2D eigenvalue weighted by Crippen LogP contribution is -2.41. The number of anilines is 1. The van der Waals surface area contributed by atoms with E-state index in [0.717, 1.165) is 16.7 Å². The number of carbonyl (C=O) groups excluding carboxylic acids is 1. The molecule has 0 bridgehead atoms. The Hall–Kier alpha value is -1.63. The maximum absolute atomic E-state index is 11.4. The summed E-state index contributed by atoms with van der Waals surface area (Å²) >= 11 is 0. The predicted octanol–water partition coefficient (Wildman–Crippen LogP) is 2.88. The first-order valence-electron chi connectivity index (χ1n) is 8.23. The van der Waals surface area contributed by atoms with Gasteiger partial charge in [0.05, 0.1) is 11.2 Å². The summed E-state index contributed by atoms with van der Waals surface area (Å²) < 4.78 is 12.3. The van der Waals surface area contributed by atoms with Crippen molar-refractivity contribution < 1.29 is 14.1 Å². The molecule has 0 spiro atoms. The molecule has 130 valence electrons. The fourth-order valence-electron chi connectivity index (χ4n) is 2.53. The number of likely N-dealkylation sites (N-methyl/N-ethyl adjacent to an activating group) is 1. The predicted molar refractivity (Wildman–Crippen MR) is 98.7 cm³/mol. The van der Waals surface area contributed by atoms with Crippen LogP contribution in [0.15, 0.2) is 29.7 Å². The van der Waals surface area contributed by atoms with E-state index in [4.69, 9.17) is 9.31 Å². The van der Waals surface area contributed by atoms with Gasteiger partial charge in [-0.3, -0.25) is 4.79 Å². The van der Waals surface area contributed by atoms with Crippen LogP contribution >= 0.6 is 0 Å². The summed E-state index contributed by atoms with van der Waals surface area (Å²) in [6.45, 7) is 10.3. The van der Waals surface area contributed by atoms with Gasteiger partial charge in [-0.25, -0.2) is 0 Å². The third-order valence-electron chi connectivity index (χ3n) is 4.55. The summed E-state index contributed by atoms with van der Waals surface area (Å²) in [7, 11) is 1.46. The third-order valence-corrected chi connectivity index (χ3v) is 4.55. The van der Waals surface area contributed by atoms with Crippen molar-refractivity contribution in [2.75, 3.05) is 18.9 Å². The monoisotopic (exact) mass is 330 g/mol. The molecule has 0 saturated carbocycles. The van der Waals surface area contributed by atoms with Crippen molar-refractivity contribution in [1.82, 2.24) is 5.32 Å². The molecule has 6 heteroatoms. The van der Waals surface area contributed by atoms with Crippen LogP contribution in [0.3, 0.4) is 0 Å². The van der Waals surface area contributed by atoms with Crippen LogP contribution in [0.5, 0.6) is 0 Å². The molecule has 2 rings (SSSR count). The Balaban J connectivity index is 2.35. The van der Waals surface area contributed by atoms with E-state index in [-0.39, 0.29) is 17.1 Å². The van der Waals surface area contributed by atoms with Crippen LogP contribution in [0, 0.1) is 0 Å². The number of hydrogen-bond acceptors (Lipinski definition) is 4. The second-order valence-electron chi connectivity index (χ2n) is 7.11. The third kappa shape index (κ3) is 4.07. The minimum absolute atomic E-state index is 0.0957. The fraction of sp³-hybridized carbons (Fsp3) is 0.500. The Labute approximate surface area is 144 Å². The summed E-state index contributed by atoms with van der Waals surface area (Å²) in [5.41, 5.74) is 1.90. The minimum atomic E-state index is -0.423. The molecule has 1 aliphatic heterocycles. The summed E-state index contributed by atoms with van der Waals surface area (Å²) in [6, 6.07) is 7.69. The highest BCUT2D eigenvalue weighted by Crippen LogP contribution is 2.38. The maximum atomic E-state index is 11.4. The molecule has 1 amide bonds. The zero-order valence-corrected chi connectivity index (χ0v) is 15.4. The number of rotatable bonds is 5. The highest BCUT2D eigenvalue weighted by Gasteiger charge is 2.52. The second-order valence-corrected chi connectivity index (χ2v) is 7.11. The van der Waals surface area contributed by atoms with Gasteiger partial charge in [0, 0.05) is 19.2 Å². The van der Waals surface area contributed by atoms with Gasteiger partial charge in [-0.05, 0) is 51.8 Å². The van der Waals surface area contributed by atoms with E-state index >= 15 is 0 Å². The molecule has 0 unspecified atom stereocenters. The Morgan fingerprint density at radius 3 is 2.29 bits per heavy atom. The van der Waals surface area contributed by atoms with Crippen LogP contribution in [-0.2, 0) is 14.1 Å². The average Bonchev–Trinajstić information content (AvgIpc) is 2.68. The molecule has 1 saturated heterocycles. The maximum Gasteiger partial charge on any atom is 0.491 e. The van der Waals surface area contributed by atoms with Gasteiger partial charge in [0.2, 0.25) is 5.91 Å². The van der Waals surface area contributed by atoms with Gasteiger partial charge in [-0.1, -0.05) is 24.3 Å². The van der Waals surface area contributed by atoms with E-state index in [1.807, 2.05) is 65.1 Å². The molecule has 2 N–H and O–H groups in total.